The topological polar surface area (TPSA) is 16.1 Å². The van der Waals surface area contributed by atoms with Crippen LogP contribution in [0.25, 0.3) is 11.1 Å². The summed E-state index contributed by atoms with van der Waals surface area (Å²) in [6.45, 7) is 4.61. The van der Waals surface area contributed by atoms with Gasteiger partial charge in [-0.15, -0.1) is 0 Å². The van der Waals surface area contributed by atoms with E-state index in [1.165, 1.54) is 28.1 Å². The van der Waals surface area contributed by atoms with E-state index in [1.54, 1.807) is 0 Å². The van der Waals surface area contributed by atoms with Crippen molar-refractivity contribution >= 4 is 17.2 Å². The van der Waals surface area contributed by atoms with Gasteiger partial charge in [0.1, 0.15) is 5.82 Å². The fraction of sp³-hybridized carbons (Fsp3) is 0.115. The van der Waals surface area contributed by atoms with Crippen LogP contribution in [0.2, 0.25) is 0 Å². The highest BCUT2D eigenvalue weighted by atomic mass is 15.2. The fourth-order valence-electron chi connectivity index (χ4n) is 4.32. The van der Waals surface area contributed by atoms with Crippen LogP contribution in [-0.2, 0) is 5.41 Å². The van der Waals surface area contributed by atoms with Gasteiger partial charge in [-0.05, 0) is 41.0 Å². The third-order valence-corrected chi connectivity index (χ3v) is 5.72. The monoisotopic (exact) mass is 362 g/mol. The van der Waals surface area contributed by atoms with E-state index in [4.69, 9.17) is 4.98 Å². The van der Waals surface area contributed by atoms with Crippen LogP contribution in [0.15, 0.2) is 97.2 Å². The Morgan fingerprint density at radius 3 is 1.86 bits per heavy atom. The minimum absolute atomic E-state index is 0.0641. The molecule has 0 saturated heterocycles. The number of hydrogen-bond donors (Lipinski definition) is 0. The zero-order valence-corrected chi connectivity index (χ0v) is 16.1. The molecule has 4 aromatic rings. The molecular formula is C26H22N2. The standard InChI is InChI=1S/C26H22N2/c1-26(2)21-14-6-8-16-23(21)28(24-17-9-7-15-22(24)26)25-20(13-10-18-27-25)19-11-4-3-5-12-19/h3-18H,1-2H3. The highest BCUT2D eigenvalue weighted by molar-refractivity contribution is 5.90. The van der Waals surface area contributed by atoms with E-state index >= 15 is 0 Å². The SMILES string of the molecule is CC1(C)c2ccccc2N(c2ncccc2-c2ccccc2)c2ccccc21. The molecule has 3 aromatic carbocycles. The van der Waals surface area contributed by atoms with Gasteiger partial charge >= 0.3 is 0 Å². The van der Waals surface area contributed by atoms with Crippen LogP contribution in [-0.4, -0.2) is 4.98 Å². The van der Waals surface area contributed by atoms with Gasteiger partial charge in [0.15, 0.2) is 0 Å². The van der Waals surface area contributed by atoms with Crippen molar-refractivity contribution in [1.29, 1.82) is 0 Å². The number of aromatic nitrogens is 1. The summed E-state index contributed by atoms with van der Waals surface area (Å²) in [5, 5.41) is 0. The molecule has 0 atom stereocenters. The van der Waals surface area contributed by atoms with Crippen LogP contribution in [0.5, 0.6) is 0 Å². The van der Waals surface area contributed by atoms with E-state index in [0.29, 0.717) is 0 Å². The van der Waals surface area contributed by atoms with Crippen molar-refractivity contribution in [2.75, 3.05) is 4.90 Å². The zero-order chi connectivity index (χ0) is 19.1. The molecule has 136 valence electrons. The summed E-state index contributed by atoms with van der Waals surface area (Å²) in [7, 11) is 0. The second kappa shape index (κ2) is 6.35. The first-order valence-corrected chi connectivity index (χ1v) is 9.67. The third kappa shape index (κ3) is 2.45. The van der Waals surface area contributed by atoms with Crippen LogP contribution in [0, 0.1) is 0 Å². The molecule has 1 aliphatic rings. The van der Waals surface area contributed by atoms with Gasteiger partial charge < -0.3 is 0 Å². The summed E-state index contributed by atoms with van der Waals surface area (Å²) in [4.78, 5) is 7.17. The Labute approximate surface area is 166 Å². The van der Waals surface area contributed by atoms with E-state index in [9.17, 15) is 0 Å². The molecule has 0 aliphatic carbocycles. The van der Waals surface area contributed by atoms with E-state index in [2.05, 4.69) is 97.6 Å². The average molecular weight is 362 g/mol. The van der Waals surface area contributed by atoms with E-state index in [1.807, 2.05) is 18.3 Å². The summed E-state index contributed by atoms with van der Waals surface area (Å²) >= 11 is 0. The number of para-hydroxylation sites is 2. The van der Waals surface area contributed by atoms with Gasteiger partial charge in [0.2, 0.25) is 0 Å². The summed E-state index contributed by atoms with van der Waals surface area (Å²) < 4.78 is 0. The third-order valence-electron chi connectivity index (χ3n) is 5.72. The Morgan fingerprint density at radius 1 is 0.643 bits per heavy atom. The van der Waals surface area contributed by atoms with Crippen LogP contribution >= 0.6 is 0 Å². The largest absolute Gasteiger partial charge is 0.294 e. The number of hydrogen-bond acceptors (Lipinski definition) is 2. The fourth-order valence-corrected chi connectivity index (χ4v) is 4.32. The molecule has 1 aliphatic heterocycles. The van der Waals surface area contributed by atoms with Crippen molar-refractivity contribution in [2.24, 2.45) is 0 Å². The van der Waals surface area contributed by atoms with Crippen molar-refractivity contribution in [2.45, 2.75) is 19.3 Å². The normalized spacial score (nSPS) is 14.3. The van der Waals surface area contributed by atoms with Crippen LogP contribution in [0.3, 0.4) is 0 Å². The molecule has 2 nitrogen and oxygen atoms in total. The van der Waals surface area contributed by atoms with E-state index in [0.717, 1.165) is 11.4 Å². The van der Waals surface area contributed by atoms with Crippen LogP contribution < -0.4 is 4.90 Å². The minimum Gasteiger partial charge on any atom is -0.294 e. The molecule has 0 N–H and O–H groups in total. The summed E-state index contributed by atoms with van der Waals surface area (Å²) in [6.07, 6.45) is 1.88. The molecule has 0 bridgehead atoms. The van der Waals surface area contributed by atoms with Crippen molar-refractivity contribution in [1.82, 2.24) is 4.98 Å². The Balaban J connectivity index is 1.82. The maximum absolute atomic E-state index is 4.85. The van der Waals surface area contributed by atoms with Gasteiger partial charge in [-0.2, -0.15) is 0 Å². The maximum Gasteiger partial charge on any atom is 0.145 e. The highest BCUT2D eigenvalue weighted by Crippen LogP contribution is 2.52. The summed E-state index contributed by atoms with van der Waals surface area (Å²) in [6, 6.07) is 32.0. The van der Waals surface area contributed by atoms with E-state index < -0.39 is 0 Å². The Kier molecular flexibility index (Phi) is 3.80. The predicted octanol–water partition coefficient (Wildman–Crippen LogP) is 6.86. The Hall–Kier alpha value is -3.39. The first-order valence-electron chi connectivity index (χ1n) is 9.67. The van der Waals surface area contributed by atoms with Gasteiger partial charge in [0.25, 0.3) is 0 Å². The number of rotatable bonds is 2. The molecule has 0 amide bonds. The molecule has 5 rings (SSSR count). The average Bonchev–Trinajstić information content (AvgIpc) is 2.75. The Bertz CT molecular complexity index is 1100. The first-order chi connectivity index (χ1) is 13.7. The van der Waals surface area contributed by atoms with Crippen LogP contribution in [0.4, 0.5) is 17.2 Å². The van der Waals surface area contributed by atoms with Crippen molar-refractivity contribution in [3.8, 4) is 11.1 Å². The molecule has 0 fully saturated rings. The second-order valence-electron chi connectivity index (χ2n) is 7.74. The van der Waals surface area contributed by atoms with Gasteiger partial charge in [-0.25, -0.2) is 4.98 Å². The Morgan fingerprint density at radius 2 is 1.21 bits per heavy atom. The van der Waals surface area contributed by atoms with Gasteiger partial charge in [-0.3, -0.25) is 4.90 Å². The van der Waals surface area contributed by atoms with Crippen molar-refractivity contribution in [3.63, 3.8) is 0 Å². The first kappa shape index (κ1) is 16.8. The lowest BCUT2D eigenvalue weighted by Crippen LogP contribution is -2.31. The minimum atomic E-state index is -0.0641. The van der Waals surface area contributed by atoms with Crippen LogP contribution in [0.1, 0.15) is 25.0 Å². The van der Waals surface area contributed by atoms with Crippen molar-refractivity contribution < 1.29 is 0 Å². The molecule has 0 saturated carbocycles. The zero-order valence-electron chi connectivity index (χ0n) is 16.1. The molecule has 2 heteroatoms. The summed E-state index contributed by atoms with van der Waals surface area (Å²) in [5.41, 5.74) is 7.27. The van der Waals surface area contributed by atoms with Gasteiger partial charge in [0.05, 0.1) is 11.4 Å². The number of nitrogens with zero attached hydrogens (tertiary/aromatic N) is 2. The van der Waals surface area contributed by atoms with Gasteiger partial charge in [-0.1, -0.05) is 80.6 Å². The molecule has 0 unspecified atom stereocenters. The van der Waals surface area contributed by atoms with E-state index in [-0.39, 0.29) is 5.41 Å². The molecular weight excluding hydrogens is 340 g/mol. The lowest BCUT2D eigenvalue weighted by molar-refractivity contribution is 0.631. The van der Waals surface area contributed by atoms with Crippen molar-refractivity contribution in [3.05, 3.63) is 108 Å². The predicted molar refractivity (Wildman–Crippen MR) is 116 cm³/mol. The smallest absolute Gasteiger partial charge is 0.145 e. The molecule has 2 heterocycles. The molecule has 0 radical (unpaired) electrons. The molecule has 0 spiro atoms. The molecule has 28 heavy (non-hydrogen) atoms. The highest BCUT2D eigenvalue weighted by Gasteiger charge is 2.37. The molecule has 1 aromatic heterocycles. The number of anilines is 3. The lowest BCUT2D eigenvalue weighted by Gasteiger charge is -2.41. The number of benzene rings is 3. The maximum atomic E-state index is 4.85. The second-order valence-corrected chi connectivity index (χ2v) is 7.74. The quantitative estimate of drug-likeness (QED) is 0.387. The lowest BCUT2D eigenvalue weighted by atomic mass is 9.73. The summed E-state index contributed by atoms with van der Waals surface area (Å²) in [5.74, 6) is 0.962. The number of pyridine rings is 1. The number of fused-ring (bicyclic) bond motifs is 2. The van der Waals surface area contributed by atoms with Gasteiger partial charge in [0, 0.05) is 17.2 Å².